The van der Waals surface area contributed by atoms with Crippen LogP contribution in [0.4, 0.5) is 4.79 Å². The van der Waals surface area contributed by atoms with E-state index in [1.165, 1.54) is 6.33 Å². The molecule has 3 aromatic heterocycles. The summed E-state index contributed by atoms with van der Waals surface area (Å²) in [6.07, 6.45) is 6.13. The minimum Gasteiger partial charge on any atom is -0.447 e. The average Bonchev–Trinajstić information content (AvgIpc) is 3.14. The summed E-state index contributed by atoms with van der Waals surface area (Å²) in [6.45, 7) is 6.84. The highest BCUT2D eigenvalue weighted by Crippen LogP contribution is 2.31. The number of likely N-dealkylation sites (tertiary alicyclic amines) is 1. The summed E-state index contributed by atoms with van der Waals surface area (Å²) in [5.41, 5.74) is 1.51. The molecule has 0 spiro atoms. The molecule has 0 radical (unpaired) electrons. The van der Waals surface area contributed by atoms with E-state index in [0.717, 1.165) is 29.6 Å². The summed E-state index contributed by atoms with van der Waals surface area (Å²) in [6, 6.07) is 3.83. The van der Waals surface area contributed by atoms with E-state index in [1.54, 1.807) is 17.3 Å². The second kappa shape index (κ2) is 9.25. The van der Waals surface area contributed by atoms with Crippen molar-refractivity contribution in [2.24, 2.45) is 0 Å². The van der Waals surface area contributed by atoms with Crippen molar-refractivity contribution >= 4 is 29.5 Å². The summed E-state index contributed by atoms with van der Waals surface area (Å²) in [4.78, 5) is 26.8. The second-order valence-electron chi connectivity index (χ2n) is 7.34. The molecule has 1 amide bonds. The van der Waals surface area contributed by atoms with Crippen LogP contribution in [-0.2, 0) is 4.74 Å². The number of carbonyl (C=O) groups excluding carboxylic acids is 1. The third-order valence-electron chi connectivity index (χ3n) is 4.92. The minimum atomic E-state index is -0.256. The molecule has 10 heteroatoms. The molecule has 0 N–H and O–H groups in total. The molecule has 3 aromatic rings. The molecule has 1 saturated heterocycles. The van der Waals surface area contributed by atoms with Gasteiger partial charge in [0.1, 0.15) is 11.7 Å². The van der Waals surface area contributed by atoms with Gasteiger partial charge in [-0.2, -0.15) is 5.10 Å². The Kier molecular flexibility index (Phi) is 6.71. The van der Waals surface area contributed by atoms with Crippen LogP contribution >= 0.6 is 12.4 Å². The van der Waals surface area contributed by atoms with Gasteiger partial charge in [0.05, 0.1) is 24.0 Å². The lowest BCUT2D eigenvalue weighted by Crippen LogP contribution is -2.40. The van der Waals surface area contributed by atoms with E-state index < -0.39 is 0 Å². The predicted octanol–water partition coefficient (Wildman–Crippen LogP) is 3.93. The first-order chi connectivity index (χ1) is 14.0. The molecule has 1 fully saturated rings. The molecule has 1 aliphatic heterocycles. The maximum absolute atomic E-state index is 12.1. The van der Waals surface area contributed by atoms with Crippen molar-refractivity contribution in [2.45, 2.75) is 45.8 Å². The smallest absolute Gasteiger partial charge is 0.410 e. The summed E-state index contributed by atoms with van der Waals surface area (Å²) in [7, 11) is 0. The van der Waals surface area contributed by atoms with E-state index in [9.17, 15) is 4.79 Å². The number of amides is 1. The van der Waals surface area contributed by atoms with Gasteiger partial charge in [-0.25, -0.2) is 19.4 Å². The average molecular weight is 433 g/mol. The number of fused-ring (bicyclic) bond motifs is 1. The number of ether oxygens (including phenoxy) is 2. The van der Waals surface area contributed by atoms with E-state index in [2.05, 4.69) is 20.1 Å². The Morgan fingerprint density at radius 1 is 1.20 bits per heavy atom. The topological polar surface area (TPSA) is 95.3 Å². The summed E-state index contributed by atoms with van der Waals surface area (Å²) in [5, 5.41) is 5.29. The van der Waals surface area contributed by atoms with E-state index in [0.29, 0.717) is 24.7 Å². The molecule has 0 atom stereocenters. The summed E-state index contributed by atoms with van der Waals surface area (Å²) in [5.74, 6) is 1.10. The Bertz CT molecular complexity index is 1020. The first-order valence-corrected chi connectivity index (χ1v) is 9.76. The zero-order valence-electron chi connectivity index (χ0n) is 17.2. The van der Waals surface area contributed by atoms with Gasteiger partial charge in [0.15, 0.2) is 11.4 Å². The molecule has 9 nitrogen and oxygen atoms in total. The Morgan fingerprint density at radius 3 is 2.67 bits per heavy atom. The lowest BCUT2D eigenvalue weighted by atomic mass is 10.1. The Balaban J connectivity index is 0.00000256. The number of rotatable bonds is 4. The van der Waals surface area contributed by atoms with Crippen LogP contribution in [0.15, 0.2) is 30.9 Å². The number of aryl methyl sites for hydroxylation is 1. The van der Waals surface area contributed by atoms with Crippen LogP contribution in [0, 0.1) is 6.92 Å². The standard InChI is InChI=1S/C20H24N6O3.ClH/c1-13(2)28-20(27)25-9-6-15(7-10-25)26-18-16(11-24-26)19(23-12-22-18)29-17-5-4-8-21-14(17)3;/h4-5,8,11-13,15H,6-7,9-10H2,1-3H3;1H. The molecule has 0 saturated carbocycles. The Morgan fingerprint density at radius 2 is 1.97 bits per heavy atom. The first-order valence-electron chi connectivity index (χ1n) is 9.76. The van der Waals surface area contributed by atoms with Crippen LogP contribution in [0.3, 0.4) is 0 Å². The van der Waals surface area contributed by atoms with Crippen molar-refractivity contribution in [2.75, 3.05) is 13.1 Å². The lowest BCUT2D eigenvalue weighted by Gasteiger charge is -2.31. The van der Waals surface area contributed by atoms with Gasteiger partial charge in [0, 0.05) is 19.3 Å². The van der Waals surface area contributed by atoms with Crippen LogP contribution in [-0.4, -0.2) is 54.9 Å². The SMILES string of the molecule is Cc1ncccc1Oc1ncnc2c1cnn2C1CCN(C(=O)OC(C)C)CC1.Cl. The van der Waals surface area contributed by atoms with Crippen molar-refractivity contribution in [1.29, 1.82) is 0 Å². The van der Waals surface area contributed by atoms with Crippen molar-refractivity contribution in [1.82, 2.24) is 29.6 Å². The van der Waals surface area contributed by atoms with Gasteiger partial charge < -0.3 is 14.4 Å². The van der Waals surface area contributed by atoms with Gasteiger partial charge in [0.25, 0.3) is 0 Å². The maximum Gasteiger partial charge on any atom is 0.410 e. The molecule has 0 aromatic carbocycles. The third-order valence-corrected chi connectivity index (χ3v) is 4.92. The van der Waals surface area contributed by atoms with E-state index in [1.807, 2.05) is 37.6 Å². The molecule has 4 rings (SSSR count). The number of halogens is 1. The quantitative estimate of drug-likeness (QED) is 0.616. The molecule has 0 bridgehead atoms. The van der Waals surface area contributed by atoms with Crippen molar-refractivity contribution in [3.05, 3.63) is 36.5 Å². The number of pyridine rings is 1. The van der Waals surface area contributed by atoms with Crippen LogP contribution in [0.2, 0.25) is 0 Å². The fourth-order valence-electron chi connectivity index (χ4n) is 3.44. The fraction of sp³-hybridized carbons (Fsp3) is 0.450. The van der Waals surface area contributed by atoms with E-state index in [-0.39, 0.29) is 30.6 Å². The first kappa shape index (κ1) is 21.8. The number of aromatic nitrogens is 5. The normalized spacial score (nSPS) is 14.6. The monoisotopic (exact) mass is 432 g/mol. The van der Waals surface area contributed by atoms with Crippen LogP contribution in [0.25, 0.3) is 11.0 Å². The van der Waals surface area contributed by atoms with Gasteiger partial charge in [-0.05, 0) is 45.7 Å². The molecular formula is C20H25ClN6O3. The minimum absolute atomic E-state index is 0. The fourth-order valence-corrected chi connectivity index (χ4v) is 3.44. The van der Waals surface area contributed by atoms with E-state index in [4.69, 9.17) is 9.47 Å². The number of hydrogen-bond acceptors (Lipinski definition) is 7. The summed E-state index contributed by atoms with van der Waals surface area (Å²) < 4.78 is 13.2. The van der Waals surface area contributed by atoms with Gasteiger partial charge in [-0.1, -0.05) is 0 Å². The second-order valence-corrected chi connectivity index (χ2v) is 7.34. The Hall–Kier alpha value is -2.94. The molecule has 160 valence electrons. The van der Waals surface area contributed by atoms with Crippen LogP contribution < -0.4 is 4.74 Å². The molecule has 1 aliphatic rings. The highest BCUT2D eigenvalue weighted by Gasteiger charge is 2.27. The number of hydrogen-bond donors (Lipinski definition) is 0. The third kappa shape index (κ3) is 4.46. The number of piperidine rings is 1. The van der Waals surface area contributed by atoms with Crippen molar-refractivity contribution < 1.29 is 14.3 Å². The highest BCUT2D eigenvalue weighted by molar-refractivity contribution is 5.85. The van der Waals surface area contributed by atoms with Crippen molar-refractivity contribution in [3.63, 3.8) is 0 Å². The summed E-state index contributed by atoms with van der Waals surface area (Å²) >= 11 is 0. The zero-order valence-corrected chi connectivity index (χ0v) is 18.0. The largest absolute Gasteiger partial charge is 0.447 e. The predicted molar refractivity (Wildman–Crippen MR) is 113 cm³/mol. The molecule has 4 heterocycles. The maximum atomic E-state index is 12.1. The van der Waals surface area contributed by atoms with Crippen LogP contribution in [0.5, 0.6) is 11.6 Å². The molecule has 30 heavy (non-hydrogen) atoms. The molecule has 0 unspecified atom stereocenters. The Labute approximate surface area is 180 Å². The van der Waals surface area contributed by atoms with Gasteiger partial charge in [-0.3, -0.25) is 4.98 Å². The van der Waals surface area contributed by atoms with Crippen molar-refractivity contribution in [3.8, 4) is 11.6 Å². The zero-order chi connectivity index (χ0) is 20.4. The number of carbonyl (C=O) groups is 1. The van der Waals surface area contributed by atoms with Gasteiger partial charge in [0.2, 0.25) is 5.88 Å². The van der Waals surface area contributed by atoms with Gasteiger partial charge >= 0.3 is 6.09 Å². The van der Waals surface area contributed by atoms with Gasteiger partial charge in [-0.15, -0.1) is 12.4 Å². The molecular weight excluding hydrogens is 408 g/mol. The lowest BCUT2D eigenvalue weighted by molar-refractivity contribution is 0.0656. The van der Waals surface area contributed by atoms with Crippen LogP contribution in [0.1, 0.15) is 38.4 Å². The molecule has 0 aliphatic carbocycles. The highest BCUT2D eigenvalue weighted by atomic mass is 35.5. The van der Waals surface area contributed by atoms with E-state index >= 15 is 0 Å². The number of nitrogens with zero attached hydrogens (tertiary/aromatic N) is 6.